The predicted molar refractivity (Wildman–Crippen MR) is 133 cm³/mol. The van der Waals surface area contributed by atoms with Crippen LogP contribution in [0, 0.1) is 34.3 Å². The summed E-state index contributed by atoms with van der Waals surface area (Å²) in [4.78, 5) is 20.0. The lowest BCUT2D eigenvalue weighted by molar-refractivity contribution is -0.385. The van der Waals surface area contributed by atoms with Crippen molar-refractivity contribution in [3.8, 4) is 11.3 Å². The van der Waals surface area contributed by atoms with Crippen molar-refractivity contribution in [1.82, 2.24) is 19.8 Å². The van der Waals surface area contributed by atoms with Crippen LogP contribution in [0.2, 0.25) is 0 Å². The average Bonchev–Trinajstić information content (AvgIpc) is 3.29. The molecule has 3 aromatic rings. The molecule has 2 saturated heterocycles. The molecule has 3 fully saturated rings. The second-order valence-corrected chi connectivity index (χ2v) is 11.7. The maximum Gasteiger partial charge on any atom is 0.290 e. The normalized spacial score (nSPS) is 26.1. The zero-order valence-electron chi connectivity index (χ0n) is 19.9. The monoisotopic (exact) mass is 481 g/mol. The number of thiophene rings is 1. The van der Waals surface area contributed by atoms with E-state index in [-0.39, 0.29) is 16.7 Å². The number of hydrogen-bond acceptors (Lipinski definition) is 7. The molecule has 1 N–H and O–H groups in total. The van der Waals surface area contributed by atoms with Crippen LogP contribution in [0.4, 0.5) is 5.69 Å². The van der Waals surface area contributed by atoms with E-state index in [4.69, 9.17) is 4.74 Å². The van der Waals surface area contributed by atoms with E-state index in [0.29, 0.717) is 24.3 Å². The lowest BCUT2D eigenvalue weighted by Crippen LogP contribution is -2.41. The van der Waals surface area contributed by atoms with Gasteiger partial charge >= 0.3 is 0 Å². The minimum Gasteiger partial charge on any atom is -0.374 e. The number of rotatable bonds is 6. The van der Waals surface area contributed by atoms with Crippen LogP contribution in [0.1, 0.15) is 24.4 Å². The largest absolute Gasteiger partial charge is 0.374 e. The lowest BCUT2D eigenvalue weighted by Gasteiger charge is -2.25. The molecule has 5 heterocycles. The first-order valence-electron chi connectivity index (χ1n) is 12.1. The highest BCUT2D eigenvalue weighted by atomic mass is 32.1. The number of nitrogens with one attached hydrogen (secondary N) is 1. The fourth-order valence-corrected chi connectivity index (χ4v) is 7.22. The van der Waals surface area contributed by atoms with Gasteiger partial charge in [0.15, 0.2) is 0 Å². The zero-order valence-corrected chi connectivity index (χ0v) is 20.7. The molecular formula is C25H31N5O3S. The summed E-state index contributed by atoms with van der Waals surface area (Å²) < 4.78 is 9.07. The van der Waals surface area contributed by atoms with Crippen molar-refractivity contribution in [2.75, 3.05) is 32.8 Å². The Labute approximate surface area is 203 Å². The predicted octanol–water partition coefficient (Wildman–Crippen LogP) is 4.06. The second kappa shape index (κ2) is 8.12. The van der Waals surface area contributed by atoms with Gasteiger partial charge in [0.2, 0.25) is 0 Å². The van der Waals surface area contributed by atoms with E-state index >= 15 is 0 Å². The van der Waals surface area contributed by atoms with Gasteiger partial charge in [-0.1, -0.05) is 13.8 Å². The maximum atomic E-state index is 11.8. The summed E-state index contributed by atoms with van der Waals surface area (Å²) in [6.07, 6.45) is 1.80. The molecule has 0 spiro atoms. The Morgan fingerprint density at radius 2 is 2.12 bits per heavy atom. The van der Waals surface area contributed by atoms with Gasteiger partial charge < -0.3 is 14.6 Å². The number of aromatic nitrogens is 2. The maximum absolute atomic E-state index is 11.8. The Morgan fingerprint density at radius 1 is 1.32 bits per heavy atom. The van der Waals surface area contributed by atoms with Gasteiger partial charge in [-0.3, -0.25) is 20.0 Å². The Morgan fingerprint density at radius 3 is 2.82 bits per heavy atom. The van der Waals surface area contributed by atoms with Gasteiger partial charge in [0.05, 0.1) is 45.8 Å². The van der Waals surface area contributed by atoms with Crippen molar-refractivity contribution in [3.63, 3.8) is 0 Å². The van der Waals surface area contributed by atoms with E-state index < -0.39 is 0 Å². The number of nitrogens with zero attached hydrogens (tertiary/aromatic N) is 4. The van der Waals surface area contributed by atoms with Crippen molar-refractivity contribution >= 4 is 27.2 Å². The molecule has 0 aromatic carbocycles. The van der Waals surface area contributed by atoms with Crippen LogP contribution in [-0.2, 0) is 17.8 Å². The second-order valence-electron chi connectivity index (χ2n) is 10.6. The Kier molecular flexibility index (Phi) is 5.29. The molecule has 9 heteroatoms. The average molecular weight is 482 g/mol. The first-order chi connectivity index (χ1) is 16.3. The molecule has 1 saturated carbocycles. The van der Waals surface area contributed by atoms with Crippen molar-refractivity contribution in [2.24, 2.45) is 17.3 Å². The van der Waals surface area contributed by atoms with Crippen LogP contribution in [-0.4, -0.2) is 58.3 Å². The lowest BCUT2D eigenvalue weighted by atomic mass is 10.1. The van der Waals surface area contributed by atoms with Crippen molar-refractivity contribution < 1.29 is 9.66 Å². The minimum atomic E-state index is -0.284. The fraction of sp³-hybridized carbons (Fsp3) is 0.560. The summed E-state index contributed by atoms with van der Waals surface area (Å²) in [5.74, 6) is 1.66. The molecule has 34 heavy (non-hydrogen) atoms. The molecule has 0 radical (unpaired) electrons. The zero-order chi connectivity index (χ0) is 23.6. The van der Waals surface area contributed by atoms with E-state index in [0.717, 1.165) is 52.9 Å². The van der Waals surface area contributed by atoms with E-state index in [1.54, 1.807) is 17.4 Å². The highest BCUT2D eigenvalue weighted by molar-refractivity contribution is 7.19. The van der Waals surface area contributed by atoms with E-state index in [1.807, 2.05) is 19.2 Å². The Balaban J connectivity index is 1.33. The van der Waals surface area contributed by atoms with Gasteiger partial charge in [-0.05, 0) is 36.3 Å². The van der Waals surface area contributed by atoms with Gasteiger partial charge in [0.25, 0.3) is 5.69 Å². The van der Waals surface area contributed by atoms with Crippen LogP contribution < -0.4 is 5.32 Å². The molecule has 0 bridgehead atoms. The van der Waals surface area contributed by atoms with E-state index in [2.05, 4.69) is 39.7 Å². The van der Waals surface area contributed by atoms with Crippen LogP contribution in [0.15, 0.2) is 24.4 Å². The van der Waals surface area contributed by atoms with Gasteiger partial charge in [0, 0.05) is 55.4 Å². The molecule has 3 atom stereocenters. The first-order valence-corrected chi connectivity index (χ1v) is 12.9. The van der Waals surface area contributed by atoms with Crippen LogP contribution >= 0.6 is 11.3 Å². The summed E-state index contributed by atoms with van der Waals surface area (Å²) in [5, 5.41) is 15.1. The fourth-order valence-electron chi connectivity index (χ4n) is 6.04. The quantitative estimate of drug-likeness (QED) is 0.422. The van der Waals surface area contributed by atoms with Gasteiger partial charge in [-0.2, -0.15) is 0 Å². The number of nitro groups is 1. The SMILES string of the molecule is Cc1c([N+](=O)[O-])cc(-c2ccnc3cc(CN4CC5C(C4)C5(C)C)sc23)n1C[C@H]1CNCCO1. The summed E-state index contributed by atoms with van der Waals surface area (Å²) in [6.45, 7) is 12.7. The van der Waals surface area contributed by atoms with Gasteiger partial charge in [0.1, 0.15) is 0 Å². The number of hydrogen-bond donors (Lipinski definition) is 1. The third-order valence-corrected chi connectivity index (χ3v) is 9.39. The standard InChI is InChI=1S/C25H31N5O3S/c1-15-22(30(31)32)9-23(29(15)11-16-10-26-6-7-33-16)18-4-5-27-21-8-17(34-24(18)21)12-28-13-19-20(14-28)25(19,2)3/h4-5,8-9,16,19-20,26H,6-7,10-14H2,1-3H3/t16-,19?,20?/m1/s1. The molecule has 3 aromatic heterocycles. The van der Waals surface area contributed by atoms with Crippen LogP contribution in [0.3, 0.4) is 0 Å². The minimum absolute atomic E-state index is 0.0136. The third-order valence-electron chi connectivity index (χ3n) is 8.24. The summed E-state index contributed by atoms with van der Waals surface area (Å²) in [7, 11) is 0. The molecule has 2 unspecified atom stereocenters. The number of morpholine rings is 1. The molecule has 0 amide bonds. The molecular weight excluding hydrogens is 450 g/mol. The van der Waals surface area contributed by atoms with Crippen LogP contribution in [0.5, 0.6) is 0 Å². The molecule has 1 aliphatic carbocycles. The number of piperidine rings is 1. The number of pyridine rings is 1. The summed E-state index contributed by atoms with van der Waals surface area (Å²) in [5.41, 5.74) is 4.16. The molecule has 3 aliphatic rings. The van der Waals surface area contributed by atoms with E-state index in [1.165, 1.54) is 18.0 Å². The van der Waals surface area contributed by atoms with Crippen molar-refractivity contribution in [1.29, 1.82) is 0 Å². The summed E-state index contributed by atoms with van der Waals surface area (Å²) >= 11 is 1.77. The molecule has 6 rings (SSSR count). The van der Waals surface area contributed by atoms with Gasteiger partial charge in [-0.25, -0.2) is 0 Å². The van der Waals surface area contributed by atoms with Crippen LogP contribution in [0.25, 0.3) is 21.5 Å². The summed E-state index contributed by atoms with van der Waals surface area (Å²) in [6, 6.07) is 5.91. The van der Waals surface area contributed by atoms with Crippen molar-refractivity contribution in [2.45, 2.75) is 40.0 Å². The highest BCUT2D eigenvalue weighted by Gasteiger charge is 2.61. The Bertz CT molecular complexity index is 1240. The first kappa shape index (κ1) is 22.2. The Hall–Kier alpha value is -2.33. The smallest absolute Gasteiger partial charge is 0.290 e. The molecule has 2 aliphatic heterocycles. The molecule has 8 nitrogen and oxygen atoms in total. The van der Waals surface area contributed by atoms with Gasteiger partial charge in [-0.15, -0.1) is 11.3 Å². The van der Waals surface area contributed by atoms with E-state index in [9.17, 15) is 10.1 Å². The van der Waals surface area contributed by atoms with Crippen molar-refractivity contribution in [3.05, 3.63) is 45.1 Å². The third kappa shape index (κ3) is 3.66. The topological polar surface area (TPSA) is 85.5 Å². The highest BCUT2D eigenvalue weighted by Crippen LogP contribution is 2.62. The number of likely N-dealkylation sites (tertiary alicyclic amines) is 1. The number of fused-ring (bicyclic) bond motifs is 2. The number of ether oxygens (including phenoxy) is 1. The molecule has 180 valence electrons.